The second-order valence-electron chi connectivity index (χ2n) is 6.74. The summed E-state index contributed by atoms with van der Waals surface area (Å²) >= 11 is 0. The Kier molecular flexibility index (Phi) is 8.10. The highest BCUT2D eigenvalue weighted by Gasteiger charge is 2.12. The van der Waals surface area contributed by atoms with E-state index in [0.29, 0.717) is 5.92 Å². The number of likely N-dealkylation sites (tertiary alicyclic amines) is 1. The summed E-state index contributed by atoms with van der Waals surface area (Å²) in [5, 5.41) is 2.96. The summed E-state index contributed by atoms with van der Waals surface area (Å²) in [4.78, 5) is 14.5. The van der Waals surface area contributed by atoms with Crippen LogP contribution in [0.15, 0.2) is 24.3 Å². The Morgan fingerprint density at radius 3 is 2.75 bits per heavy atom. The predicted molar refractivity (Wildman–Crippen MR) is 98.6 cm³/mol. The molecular formula is C20H32N2O2. The Hall–Kier alpha value is -1.55. The van der Waals surface area contributed by atoms with Crippen LogP contribution in [-0.4, -0.2) is 43.6 Å². The van der Waals surface area contributed by atoms with E-state index in [1.807, 2.05) is 18.2 Å². The Morgan fingerprint density at radius 1 is 1.25 bits per heavy atom. The van der Waals surface area contributed by atoms with E-state index in [1.165, 1.54) is 37.9 Å². The van der Waals surface area contributed by atoms with Crippen molar-refractivity contribution < 1.29 is 9.53 Å². The SMILES string of the molecule is CCC(C)c1ccccc1OCC(=O)NCCCN1CCCCC1. The van der Waals surface area contributed by atoms with E-state index in [2.05, 4.69) is 30.1 Å². The summed E-state index contributed by atoms with van der Waals surface area (Å²) in [5.74, 6) is 1.23. The van der Waals surface area contributed by atoms with Crippen LogP contribution in [0.1, 0.15) is 57.4 Å². The quantitative estimate of drug-likeness (QED) is 0.703. The number of amides is 1. The molecule has 1 heterocycles. The van der Waals surface area contributed by atoms with Gasteiger partial charge in [-0.15, -0.1) is 0 Å². The Morgan fingerprint density at radius 2 is 2.00 bits per heavy atom. The van der Waals surface area contributed by atoms with Crippen LogP contribution in [0.3, 0.4) is 0 Å². The van der Waals surface area contributed by atoms with Crippen LogP contribution >= 0.6 is 0 Å². The highest BCUT2D eigenvalue weighted by atomic mass is 16.5. The first-order valence-electron chi connectivity index (χ1n) is 9.41. The van der Waals surface area contributed by atoms with Gasteiger partial charge in [0, 0.05) is 6.54 Å². The lowest BCUT2D eigenvalue weighted by Gasteiger charge is -2.26. The molecule has 1 aromatic carbocycles. The zero-order valence-corrected chi connectivity index (χ0v) is 15.2. The summed E-state index contributed by atoms with van der Waals surface area (Å²) in [6, 6.07) is 8.01. The maximum atomic E-state index is 12.0. The molecule has 0 bridgehead atoms. The van der Waals surface area contributed by atoms with Gasteiger partial charge in [-0.3, -0.25) is 4.79 Å². The number of nitrogens with one attached hydrogen (secondary N) is 1. The van der Waals surface area contributed by atoms with Crippen LogP contribution in [0.5, 0.6) is 5.75 Å². The lowest BCUT2D eigenvalue weighted by Crippen LogP contribution is -2.34. The number of hydrogen-bond donors (Lipinski definition) is 1. The van der Waals surface area contributed by atoms with Crippen molar-refractivity contribution in [3.8, 4) is 5.75 Å². The van der Waals surface area contributed by atoms with Gasteiger partial charge in [-0.05, 0) is 62.9 Å². The number of carbonyl (C=O) groups is 1. The van der Waals surface area contributed by atoms with E-state index < -0.39 is 0 Å². The Labute approximate surface area is 146 Å². The average Bonchev–Trinajstić information content (AvgIpc) is 2.64. The van der Waals surface area contributed by atoms with Gasteiger partial charge >= 0.3 is 0 Å². The van der Waals surface area contributed by atoms with Gasteiger partial charge in [0.25, 0.3) is 5.91 Å². The largest absolute Gasteiger partial charge is 0.483 e. The summed E-state index contributed by atoms with van der Waals surface area (Å²) < 4.78 is 5.75. The molecule has 1 aliphatic heterocycles. The fourth-order valence-electron chi connectivity index (χ4n) is 3.15. The molecule has 0 spiro atoms. The van der Waals surface area contributed by atoms with Crippen molar-refractivity contribution in [2.45, 2.75) is 51.9 Å². The molecule has 0 aromatic heterocycles. The maximum absolute atomic E-state index is 12.0. The molecule has 134 valence electrons. The minimum atomic E-state index is -0.0346. The number of nitrogens with zero attached hydrogens (tertiary/aromatic N) is 1. The number of benzene rings is 1. The maximum Gasteiger partial charge on any atom is 0.257 e. The van der Waals surface area contributed by atoms with Gasteiger partial charge in [0.05, 0.1) is 0 Å². The van der Waals surface area contributed by atoms with E-state index in [4.69, 9.17) is 4.74 Å². The minimum absolute atomic E-state index is 0.0346. The van der Waals surface area contributed by atoms with Crippen LogP contribution in [0.4, 0.5) is 0 Å². The van der Waals surface area contributed by atoms with Crippen molar-refractivity contribution >= 4 is 5.91 Å². The molecule has 0 radical (unpaired) electrons. The lowest BCUT2D eigenvalue weighted by molar-refractivity contribution is -0.123. The molecule has 4 nitrogen and oxygen atoms in total. The number of rotatable bonds is 9. The van der Waals surface area contributed by atoms with Crippen LogP contribution in [0, 0.1) is 0 Å². The third-order valence-corrected chi connectivity index (χ3v) is 4.84. The highest BCUT2D eigenvalue weighted by Crippen LogP contribution is 2.28. The highest BCUT2D eigenvalue weighted by molar-refractivity contribution is 5.77. The van der Waals surface area contributed by atoms with E-state index in [1.54, 1.807) is 0 Å². The van der Waals surface area contributed by atoms with Gasteiger partial charge < -0.3 is 15.0 Å². The minimum Gasteiger partial charge on any atom is -0.483 e. The number of hydrogen-bond acceptors (Lipinski definition) is 3. The summed E-state index contributed by atoms with van der Waals surface area (Å²) in [7, 11) is 0. The molecule has 1 amide bonds. The fourth-order valence-corrected chi connectivity index (χ4v) is 3.15. The van der Waals surface area contributed by atoms with E-state index >= 15 is 0 Å². The predicted octanol–water partition coefficient (Wildman–Crippen LogP) is 3.57. The lowest BCUT2D eigenvalue weighted by atomic mass is 9.98. The van der Waals surface area contributed by atoms with Crippen LogP contribution in [-0.2, 0) is 4.79 Å². The summed E-state index contributed by atoms with van der Waals surface area (Å²) in [6.07, 6.45) is 6.06. The number of ether oxygens (including phenoxy) is 1. The molecule has 1 saturated heterocycles. The van der Waals surface area contributed by atoms with Crippen molar-refractivity contribution in [2.24, 2.45) is 0 Å². The van der Waals surface area contributed by atoms with Crippen molar-refractivity contribution in [3.63, 3.8) is 0 Å². The normalized spacial score (nSPS) is 16.6. The molecule has 1 aliphatic rings. The van der Waals surface area contributed by atoms with Crippen LogP contribution in [0.25, 0.3) is 0 Å². The molecule has 2 rings (SSSR count). The molecule has 1 unspecified atom stereocenters. The standard InChI is InChI=1S/C20H32N2O2/c1-3-17(2)18-10-5-6-11-19(18)24-16-20(23)21-12-9-15-22-13-7-4-8-14-22/h5-6,10-11,17H,3-4,7-9,12-16H2,1-2H3,(H,21,23). The second-order valence-corrected chi connectivity index (χ2v) is 6.74. The first kappa shape index (κ1) is 18.8. The molecule has 1 aromatic rings. The van der Waals surface area contributed by atoms with E-state index in [-0.39, 0.29) is 12.5 Å². The van der Waals surface area contributed by atoms with E-state index in [9.17, 15) is 4.79 Å². The molecule has 0 aliphatic carbocycles. The van der Waals surface area contributed by atoms with Gasteiger partial charge in [-0.25, -0.2) is 0 Å². The fraction of sp³-hybridized carbons (Fsp3) is 0.650. The van der Waals surface area contributed by atoms with Crippen LogP contribution in [0.2, 0.25) is 0 Å². The average molecular weight is 332 g/mol. The van der Waals surface area contributed by atoms with Gasteiger partial charge in [0.2, 0.25) is 0 Å². The number of carbonyl (C=O) groups excluding carboxylic acids is 1. The first-order chi connectivity index (χ1) is 11.7. The zero-order chi connectivity index (χ0) is 17.2. The zero-order valence-electron chi connectivity index (χ0n) is 15.2. The van der Waals surface area contributed by atoms with Crippen LogP contribution < -0.4 is 10.1 Å². The van der Waals surface area contributed by atoms with Crippen molar-refractivity contribution in [2.75, 3.05) is 32.8 Å². The van der Waals surface area contributed by atoms with Gasteiger partial charge in [0.15, 0.2) is 6.61 Å². The van der Waals surface area contributed by atoms with Gasteiger partial charge in [-0.2, -0.15) is 0 Å². The summed E-state index contributed by atoms with van der Waals surface area (Å²) in [5.41, 5.74) is 1.18. The monoisotopic (exact) mass is 332 g/mol. The topological polar surface area (TPSA) is 41.6 Å². The van der Waals surface area contributed by atoms with Crippen molar-refractivity contribution in [1.29, 1.82) is 0 Å². The first-order valence-corrected chi connectivity index (χ1v) is 9.41. The van der Waals surface area contributed by atoms with Crippen molar-refractivity contribution in [3.05, 3.63) is 29.8 Å². The molecular weight excluding hydrogens is 300 g/mol. The second kappa shape index (κ2) is 10.3. The number of para-hydroxylation sites is 1. The summed E-state index contributed by atoms with van der Waals surface area (Å²) in [6.45, 7) is 8.67. The molecule has 0 saturated carbocycles. The number of piperidine rings is 1. The Balaban J connectivity index is 1.66. The molecule has 1 atom stereocenters. The van der Waals surface area contributed by atoms with E-state index in [0.717, 1.165) is 31.7 Å². The molecule has 4 heteroatoms. The van der Waals surface area contributed by atoms with Crippen molar-refractivity contribution in [1.82, 2.24) is 10.2 Å². The van der Waals surface area contributed by atoms with Gasteiger partial charge in [-0.1, -0.05) is 38.5 Å². The molecule has 1 fully saturated rings. The third kappa shape index (κ3) is 6.16. The van der Waals surface area contributed by atoms with Gasteiger partial charge in [0.1, 0.15) is 5.75 Å². The molecule has 24 heavy (non-hydrogen) atoms. The third-order valence-electron chi connectivity index (χ3n) is 4.84. The molecule has 1 N–H and O–H groups in total. The smallest absolute Gasteiger partial charge is 0.257 e. The Bertz CT molecular complexity index is 498.